The standard InChI is InChI=1S/C13H16N2O.C2H6/c1-15-11-5-2-9(3-6-11)13(15)10-4-7-12(16)14-8-10;1-2/h2,4-5,7-9,11,13H,3,6H2,1H3,(H,14,16);1-2H3. The summed E-state index contributed by atoms with van der Waals surface area (Å²) in [6.45, 7) is 4.00. The molecule has 0 amide bonds. The Kier molecular flexibility index (Phi) is 4.02. The second-order valence-corrected chi connectivity index (χ2v) is 4.79. The highest BCUT2D eigenvalue weighted by molar-refractivity contribution is 5.23. The van der Waals surface area contributed by atoms with Gasteiger partial charge >= 0.3 is 0 Å². The normalized spacial score (nSPS) is 29.8. The van der Waals surface area contributed by atoms with E-state index in [-0.39, 0.29) is 5.56 Å². The molecule has 2 aliphatic heterocycles. The molecule has 1 fully saturated rings. The van der Waals surface area contributed by atoms with Crippen LogP contribution >= 0.6 is 0 Å². The minimum absolute atomic E-state index is 0.0251. The van der Waals surface area contributed by atoms with E-state index in [4.69, 9.17) is 0 Å². The molecule has 3 aliphatic rings. The Labute approximate surface area is 109 Å². The van der Waals surface area contributed by atoms with Crippen molar-refractivity contribution in [2.75, 3.05) is 7.05 Å². The zero-order valence-corrected chi connectivity index (χ0v) is 11.4. The van der Waals surface area contributed by atoms with Crippen LogP contribution in [0, 0.1) is 5.92 Å². The van der Waals surface area contributed by atoms with E-state index < -0.39 is 0 Å². The van der Waals surface area contributed by atoms with E-state index in [0.717, 1.165) is 0 Å². The Morgan fingerprint density at radius 1 is 1.22 bits per heavy atom. The van der Waals surface area contributed by atoms with Crippen LogP contribution in [0.25, 0.3) is 0 Å². The Morgan fingerprint density at radius 3 is 2.50 bits per heavy atom. The van der Waals surface area contributed by atoms with Gasteiger partial charge < -0.3 is 4.98 Å². The number of piperidine rings is 1. The van der Waals surface area contributed by atoms with Gasteiger partial charge in [0.05, 0.1) is 0 Å². The summed E-state index contributed by atoms with van der Waals surface area (Å²) in [6, 6.07) is 4.58. The van der Waals surface area contributed by atoms with Gasteiger partial charge in [0, 0.05) is 24.3 Å². The summed E-state index contributed by atoms with van der Waals surface area (Å²) >= 11 is 0. The average molecular weight is 246 g/mol. The van der Waals surface area contributed by atoms with Crippen LogP contribution in [0.5, 0.6) is 0 Å². The first-order chi connectivity index (χ1) is 8.75. The third-order valence-electron chi connectivity index (χ3n) is 3.89. The average Bonchev–Trinajstić information content (AvgIpc) is 2.44. The van der Waals surface area contributed by atoms with E-state index in [9.17, 15) is 4.79 Å². The Balaban J connectivity index is 0.000000574. The molecule has 0 spiro atoms. The van der Waals surface area contributed by atoms with E-state index in [1.165, 1.54) is 18.4 Å². The van der Waals surface area contributed by atoms with Crippen molar-refractivity contribution in [3.63, 3.8) is 0 Å². The highest BCUT2D eigenvalue weighted by Crippen LogP contribution is 2.42. The Bertz CT molecular complexity index is 457. The van der Waals surface area contributed by atoms with Crippen LogP contribution in [0.3, 0.4) is 0 Å². The number of nitrogens with one attached hydrogen (secondary N) is 1. The lowest BCUT2D eigenvalue weighted by molar-refractivity contribution is 0.0923. The number of H-pyrrole nitrogens is 1. The molecule has 0 aromatic carbocycles. The van der Waals surface area contributed by atoms with Crippen LogP contribution in [-0.4, -0.2) is 23.0 Å². The smallest absolute Gasteiger partial charge is 0.247 e. The molecule has 2 bridgehead atoms. The van der Waals surface area contributed by atoms with E-state index in [0.29, 0.717) is 18.0 Å². The monoisotopic (exact) mass is 246 g/mol. The van der Waals surface area contributed by atoms with E-state index in [2.05, 4.69) is 29.1 Å². The van der Waals surface area contributed by atoms with Crippen LogP contribution in [0.4, 0.5) is 0 Å². The van der Waals surface area contributed by atoms with Crippen LogP contribution in [-0.2, 0) is 0 Å². The third-order valence-corrected chi connectivity index (χ3v) is 3.89. The molecule has 0 saturated carbocycles. The Hall–Kier alpha value is -1.35. The van der Waals surface area contributed by atoms with Gasteiger partial charge in [-0.1, -0.05) is 32.1 Å². The van der Waals surface area contributed by atoms with Crippen molar-refractivity contribution in [2.24, 2.45) is 5.92 Å². The molecule has 3 unspecified atom stereocenters. The summed E-state index contributed by atoms with van der Waals surface area (Å²) in [5.74, 6) is 0.598. The number of fused-ring (bicyclic) bond motifs is 2. The lowest BCUT2D eigenvalue weighted by Gasteiger charge is -2.46. The molecular weight excluding hydrogens is 224 g/mol. The van der Waals surface area contributed by atoms with E-state index >= 15 is 0 Å². The summed E-state index contributed by atoms with van der Waals surface area (Å²) in [7, 11) is 2.18. The van der Waals surface area contributed by atoms with Gasteiger partial charge in [0.15, 0.2) is 0 Å². The number of hydrogen-bond acceptors (Lipinski definition) is 2. The van der Waals surface area contributed by atoms with Crippen molar-refractivity contribution in [1.29, 1.82) is 0 Å². The number of hydrogen-bond donors (Lipinski definition) is 1. The molecule has 3 heteroatoms. The van der Waals surface area contributed by atoms with E-state index in [1.54, 1.807) is 6.07 Å². The molecule has 3 heterocycles. The van der Waals surface area contributed by atoms with Gasteiger partial charge in [-0.3, -0.25) is 9.69 Å². The fourth-order valence-corrected chi connectivity index (χ4v) is 3.03. The first-order valence-electron chi connectivity index (χ1n) is 6.84. The maximum atomic E-state index is 11.1. The van der Waals surface area contributed by atoms with Crippen LogP contribution in [0.15, 0.2) is 35.3 Å². The van der Waals surface area contributed by atoms with Crippen LogP contribution in [0.1, 0.15) is 38.3 Å². The van der Waals surface area contributed by atoms with Crippen molar-refractivity contribution in [1.82, 2.24) is 9.88 Å². The topological polar surface area (TPSA) is 36.1 Å². The lowest BCUT2D eigenvalue weighted by Crippen LogP contribution is -2.45. The summed E-state index contributed by atoms with van der Waals surface area (Å²) in [6.07, 6.45) is 9.03. The summed E-state index contributed by atoms with van der Waals surface area (Å²) in [4.78, 5) is 16.3. The lowest BCUT2D eigenvalue weighted by atomic mass is 9.78. The predicted octanol–water partition coefficient (Wildman–Crippen LogP) is 2.72. The number of likely N-dealkylation sites (N-methyl/N-ethyl adjacent to an activating group) is 1. The second-order valence-electron chi connectivity index (χ2n) is 4.79. The van der Waals surface area contributed by atoms with Gasteiger partial charge in [-0.2, -0.15) is 0 Å². The van der Waals surface area contributed by atoms with Crippen molar-refractivity contribution in [2.45, 2.75) is 38.8 Å². The molecule has 1 aromatic heterocycles. The molecule has 0 radical (unpaired) electrons. The minimum atomic E-state index is -0.0251. The van der Waals surface area contributed by atoms with Crippen molar-refractivity contribution >= 4 is 0 Å². The highest BCUT2D eigenvalue weighted by atomic mass is 16.1. The molecule has 18 heavy (non-hydrogen) atoms. The van der Waals surface area contributed by atoms with Crippen molar-refractivity contribution < 1.29 is 0 Å². The second kappa shape index (κ2) is 5.53. The SMILES string of the molecule is CC.CN1C2C=CC(CC2)C1c1ccc(=O)[nH]c1. The zero-order valence-electron chi connectivity index (χ0n) is 11.4. The minimum Gasteiger partial charge on any atom is -0.329 e. The quantitative estimate of drug-likeness (QED) is 0.773. The number of aromatic amines is 1. The van der Waals surface area contributed by atoms with Crippen LogP contribution in [0.2, 0.25) is 0 Å². The summed E-state index contributed by atoms with van der Waals surface area (Å²) in [5.41, 5.74) is 1.20. The molecule has 98 valence electrons. The van der Waals surface area contributed by atoms with Crippen molar-refractivity contribution in [3.05, 3.63) is 46.4 Å². The van der Waals surface area contributed by atoms with Gasteiger partial charge in [0.1, 0.15) is 0 Å². The molecule has 1 N–H and O–H groups in total. The maximum Gasteiger partial charge on any atom is 0.247 e. The highest BCUT2D eigenvalue weighted by Gasteiger charge is 2.36. The molecule has 1 aliphatic carbocycles. The van der Waals surface area contributed by atoms with Gasteiger partial charge in [0.25, 0.3) is 0 Å². The Morgan fingerprint density at radius 2 is 2.00 bits per heavy atom. The first-order valence-corrected chi connectivity index (χ1v) is 6.84. The van der Waals surface area contributed by atoms with Gasteiger partial charge in [-0.15, -0.1) is 0 Å². The summed E-state index contributed by atoms with van der Waals surface area (Å²) < 4.78 is 0. The molecule has 1 saturated heterocycles. The molecule has 3 atom stereocenters. The number of rotatable bonds is 1. The van der Waals surface area contributed by atoms with E-state index in [1.807, 2.05) is 26.1 Å². The third kappa shape index (κ3) is 2.27. The predicted molar refractivity (Wildman–Crippen MR) is 74.6 cm³/mol. The molecule has 3 nitrogen and oxygen atoms in total. The van der Waals surface area contributed by atoms with Gasteiger partial charge in [-0.05, 0) is 31.4 Å². The molecule has 4 rings (SSSR count). The van der Waals surface area contributed by atoms with Gasteiger partial charge in [-0.25, -0.2) is 0 Å². The zero-order chi connectivity index (χ0) is 13.1. The van der Waals surface area contributed by atoms with Crippen molar-refractivity contribution in [3.8, 4) is 0 Å². The largest absolute Gasteiger partial charge is 0.329 e. The molecule has 1 aromatic rings. The summed E-state index contributed by atoms with van der Waals surface area (Å²) in [5, 5.41) is 0. The maximum absolute atomic E-state index is 11.1. The fraction of sp³-hybridized carbons (Fsp3) is 0.533. The fourth-order valence-electron chi connectivity index (χ4n) is 3.03. The molecular formula is C15H22N2O. The van der Waals surface area contributed by atoms with Gasteiger partial charge in [0.2, 0.25) is 5.56 Å². The number of aromatic nitrogens is 1. The number of pyridine rings is 1. The van der Waals surface area contributed by atoms with Crippen LogP contribution < -0.4 is 5.56 Å². The first kappa shape index (κ1) is 13.1. The number of nitrogens with zero attached hydrogens (tertiary/aromatic N) is 1.